The lowest BCUT2D eigenvalue weighted by molar-refractivity contribution is 0.224. The molecule has 84 valence electrons. The fraction of sp³-hybridized carbons (Fsp3) is 0.0909. The maximum atomic E-state index is 13.0. The van der Waals surface area contributed by atoms with Gasteiger partial charge in [0.15, 0.2) is 0 Å². The molecule has 0 amide bonds. The lowest BCUT2D eigenvalue weighted by Crippen LogP contribution is -1.98. The molecule has 1 unspecified atom stereocenters. The van der Waals surface area contributed by atoms with Crippen molar-refractivity contribution < 1.29 is 9.50 Å². The van der Waals surface area contributed by atoms with Gasteiger partial charge in [0.05, 0.1) is 14.4 Å². The number of halogens is 3. The maximum Gasteiger partial charge on any atom is 0.137 e. The van der Waals surface area contributed by atoms with Crippen molar-refractivity contribution in [1.29, 1.82) is 0 Å². The first-order valence-electron chi connectivity index (χ1n) is 4.45. The molecule has 0 bridgehead atoms. The fourth-order valence-corrected chi connectivity index (χ4v) is 2.90. The van der Waals surface area contributed by atoms with Crippen LogP contribution in [0, 0.1) is 5.82 Å². The van der Waals surface area contributed by atoms with Gasteiger partial charge in [-0.25, -0.2) is 4.39 Å². The van der Waals surface area contributed by atoms with Gasteiger partial charge in [0.2, 0.25) is 0 Å². The third-order valence-electron chi connectivity index (χ3n) is 2.15. The summed E-state index contributed by atoms with van der Waals surface area (Å²) in [5, 5.41) is 12.4. The number of hydrogen-bond acceptors (Lipinski definition) is 2. The van der Waals surface area contributed by atoms with E-state index in [1.165, 1.54) is 17.4 Å². The van der Waals surface area contributed by atoms with Crippen molar-refractivity contribution >= 4 is 38.9 Å². The van der Waals surface area contributed by atoms with Crippen LogP contribution in [0.5, 0.6) is 0 Å². The molecule has 0 saturated heterocycles. The van der Waals surface area contributed by atoms with Crippen LogP contribution in [-0.4, -0.2) is 5.11 Å². The SMILES string of the molecule is OC(c1ccc(F)c(Br)c1)c1sccc1Cl. The Labute approximate surface area is 110 Å². The second kappa shape index (κ2) is 4.84. The summed E-state index contributed by atoms with van der Waals surface area (Å²) in [4.78, 5) is 0.667. The molecule has 1 aromatic carbocycles. The molecular formula is C11H7BrClFOS. The van der Waals surface area contributed by atoms with Crippen molar-refractivity contribution in [2.24, 2.45) is 0 Å². The van der Waals surface area contributed by atoms with Crippen LogP contribution in [-0.2, 0) is 0 Å². The molecule has 1 aromatic heterocycles. The minimum absolute atomic E-state index is 0.330. The molecule has 16 heavy (non-hydrogen) atoms. The highest BCUT2D eigenvalue weighted by Gasteiger charge is 2.16. The largest absolute Gasteiger partial charge is 0.383 e. The van der Waals surface area contributed by atoms with Gasteiger partial charge in [0, 0.05) is 0 Å². The quantitative estimate of drug-likeness (QED) is 0.870. The summed E-state index contributed by atoms with van der Waals surface area (Å²) in [6, 6.07) is 6.13. The minimum Gasteiger partial charge on any atom is -0.383 e. The Morgan fingerprint density at radius 2 is 2.12 bits per heavy atom. The van der Waals surface area contributed by atoms with Crippen molar-refractivity contribution in [3.8, 4) is 0 Å². The standard InChI is InChI=1S/C11H7BrClFOS/c12-7-5-6(1-2-9(7)14)10(15)11-8(13)3-4-16-11/h1-5,10,15H. The molecular weight excluding hydrogens is 315 g/mol. The zero-order valence-corrected chi connectivity index (χ0v) is 11.1. The van der Waals surface area contributed by atoms with Crippen molar-refractivity contribution in [2.45, 2.75) is 6.10 Å². The Morgan fingerprint density at radius 1 is 1.38 bits per heavy atom. The maximum absolute atomic E-state index is 13.0. The number of aliphatic hydroxyl groups excluding tert-OH is 1. The average Bonchev–Trinajstić information content (AvgIpc) is 2.67. The fourth-order valence-electron chi connectivity index (χ4n) is 1.33. The van der Waals surface area contributed by atoms with Crippen molar-refractivity contribution in [1.82, 2.24) is 0 Å². The van der Waals surface area contributed by atoms with Gasteiger partial charge in [-0.3, -0.25) is 0 Å². The number of aliphatic hydroxyl groups is 1. The Morgan fingerprint density at radius 3 is 2.69 bits per heavy atom. The molecule has 1 heterocycles. The Bertz CT molecular complexity index is 514. The van der Waals surface area contributed by atoms with Crippen molar-refractivity contribution in [3.63, 3.8) is 0 Å². The first-order valence-corrected chi connectivity index (χ1v) is 6.50. The number of rotatable bonds is 2. The second-order valence-corrected chi connectivity index (χ2v) is 5.42. The zero-order chi connectivity index (χ0) is 11.7. The van der Waals surface area contributed by atoms with Gasteiger partial charge >= 0.3 is 0 Å². The van der Waals surface area contributed by atoms with E-state index < -0.39 is 6.10 Å². The molecule has 1 nitrogen and oxygen atoms in total. The van der Waals surface area contributed by atoms with Crippen LogP contribution >= 0.6 is 38.9 Å². The molecule has 1 N–H and O–H groups in total. The minimum atomic E-state index is -0.815. The highest BCUT2D eigenvalue weighted by Crippen LogP contribution is 2.33. The topological polar surface area (TPSA) is 20.2 Å². The summed E-state index contributed by atoms with van der Waals surface area (Å²) in [6.45, 7) is 0. The van der Waals surface area contributed by atoms with Crippen molar-refractivity contribution in [2.75, 3.05) is 0 Å². The monoisotopic (exact) mass is 320 g/mol. The van der Waals surface area contributed by atoms with Crippen LogP contribution < -0.4 is 0 Å². The molecule has 0 radical (unpaired) electrons. The molecule has 0 aliphatic carbocycles. The summed E-state index contributed by atoms with van der Waals surface area (Å²) in [5.41, 5.74) is 0.609. The summed E-state index contributed by atoms with van der Waals surface area (Å²) < 4.78 is 13.4. The average molecular weight is 322 g/mol. The number of thiophene rings is 1. The first kappa shape index (κ1) is 12.0. The van der Waals surface area contributed by atoms with Gasteiger partial charge in [-0.2, -0.15) is 0 Å². The third-order valence-corrected chi connectivity index (χ3v) is 4.17. The van der Waals surface area contributed by atoms with Crippen LogP contribution in [0.2, 0.25) is 5.02 Å². The summed E-state index contributed by atoms with van der Waals surface area (Å²) in [5.74, 6) is -0.353. The van der Waals surface area contributed by atoms with Crippen LogP contribution in [0.1, 0.15) is 16.5 Å². The van der Waals surface area contributed by atoms with E-state index in [1.54, 1.807) is 23.6 Å². The van der Waals surface area contributed by atoms with E-state index in [1.807, 2.05) is 0 Å². The van der Waals surface area contributed by atoms with Gasteiger partial charge in [-0.05, 0) is 45.1 Å². The molecule has 0 spiro atoms. The van der Waals surface area contributed by atoms with Crippen LogP contribution in [0.3, 0.4) is 0 Å². The predicted molar refractivity (Wildman–Crippen MR) is 67.5 cm³/mol. The van der Waals surface area contributed by atoms with E-state index in [2.05, 4.69) is 15.9 Å². The second-order valence-electron chi connectivity index (χ2n) is 3.21. The molecule has 2 rings (SSSR count). The van der Waals surface area contributed by atoms with Gasteiger partial charge in [0.25, 0.3) is 0 Å². The summed E-state index contributed by atoms with van der Waals surface area (Å²) >= 11 is 10.4. The van der Waals surface area contributed by atoms with E-state index in [4.69, 9.17) is 11.6 Å². The molecule has 0 fully saturated rings. The summed E-state index contributed by atoms with van der Waals surface area (Å²) in [6.07, 6.45) is -0.815. The highest BCUT2D eigenvalue weighted by molar-refractivity contribution is 9.10. The molecule has 0 saturated carbocycles. The normalized spacial score (nSPS) is 12.8. The van der Waals surface area contributed by atoms with E-state index in [-0.39, 0.29) is 5.82 Å². The van der Waals surface area contributed by atoms with Gasteiger partial charge in [-0.1, -0.05) is 17.7 Å². The molecule has 2 aromatic rings. The molecule has 1 atom stereocenters. The number of hydrogen-bond donors (Lipinski definition) is 1. The molecule has 0 aliphatic rings. The smallest absolute Gasteiger partial charge is 0.137 e. The number of benzene rings is 1. The lowest BCUT2D eigenvalue weighted by Gasteiger charge is -2.10. The third kappa shape index (κ3) is 2.30. The van der Waals surface area contributed by atoms with E-state index in [0.717, 1.165) is 0 Å². The lowest BCUT2D eigenvalue weighted by atomic mass is 10.1. The van der Waals surface area contributed by atoms with E-state index >= 15 is 0 Å². The van der Waals surface area contributed by atoms with Crippen LogP contribution in [0.25, 0.3) is 0 Å². The summed E-state index contributed by atoms with van der Waals surface area (Å²) in [7, 11) is 0. The molecule has 0 aliphatic heterocycles. The zero-order valence-electron chi connectivity index (χ0n) is 7.95. The first-order chi connectivity index (χ1) is 7.59. The Balaban J connectivity index is 2.38. The van der Waals surface area contributed by atoms with Crippen LogP contribution in [0.15, 0.2) is 34.1 Å². The predicted octanol–water partition coefficient (Wildman–Crippen LogP) is 4.38. The van der Waals surface area contributed by atoms with Gasteiger partial charge in [-0.15, -0.1) is 11.3 Å². The molecule has 5 heteroatoms. The van der Waals surface area contributed by atoms with Gasteiger partial charge < -0.3 is 5.11 Å². The van der Waals surface area contributed by atoms with Crippen LogP contribution in [0.4, 0.5) is 4.39 Å². The Kier molecular flexibility index (Phi) is 3.64. The Hall–Kier alpha value is -0.420. The van der Waals surface area contributed by atoms with Crippen molar-refractivity contribution in [3.05, 3.63) is 55.4 Å². The highest BCUT2D eigenvalue weighted by atomic mass is 79.9. The van der Waals surface area contributed by atoms with E-state index in [9.17, 15) is 9.50 Å². The van der Waals surface area contributed by atoms with Gasteiger partial charge in [0.1, 0.15) is 11.9 Å². The van der Waals surface area contributed by atoms with E-state index in [0.29, 0.717) is 19.9 Å².